The third-order valence-electron chi connectivity index (χ3n) is 8.54. The van der Waals surface area contributed by atoms with E-state index in [2.05, 4.69) is 21.9 Å². The molecule has 0 aliphatic heterocycles. The van der Waals surface area contributed by atoms with Gasteiger partial charge in [0.2, 0.25) is 5.95 Å². The third kappa shape index (κ3) is 16.5. The average molecular weight is 724 g/mol. The van der Waals surface area contributed by atoms with Crippen LogP contribution in [-0.4, -0.2) is 52.3 Å². The zero-order valence-corrected chi connectivity index (χ0v) is 31.4. The lowest BCUT2D eigenvalue weighted by molar-refractivity contribution is 0.0756. The summed E-state index contributed by atoms with van der Waals surface area (Å²) in [5, 5.41) is 0.608. The molecule has 2 heterocycles. The number of halogens is 1. The van der Waals surface area contributed by atoms with E-state index in [4.69, 9.17) is 35.9 Å². The highest BCUT2D eigenvalue weighted by Crippen LogP contribution is 2.49. The number of nitrogens with two attached hydrogens (primary N) is 1. The van der Waals surface area contributed by atoms with Gasteiger partial charge in [-0.05, 0) is 30.5 Å². The molecule has 1 atom stereocenters. The summed E-state index contributed by atoms with van der Waals surface area (Å²) in [6.45, 7) is 5.78. The van der Waals surface area contributed by atoms with Crippen LogP contribution in [0.3, 0.4) is 0 Å². The van der Waals surface area contributed by atoms with Crippen molar-refractivity contribution in [1.82, 2.24) is 19.5 Å². The fourth-order valence-corrected chi connectivity index (χ4v) is 7.05. The number of aromatic amines is 1. The van der Waals surface area contributed by atoms with Gasteiger partial charge < -0.3 is 28.8 Å². The Morgan fingerprint density at radius 2 is 1.47 bits per heavy atom. The van der Waals surface area contributed by atoms with E-state index < -0.39 is 13.2 Å². The number of benzene rings is 1. The summed E-state index contributed by atoms with van der Waals surface area (Å²) in [5.74, 6) is -0.000269. The van der Waals surface area contributed by atoms with Crippen molar-refractivity contribution in [2.24, 2.45) is 0 Å². The number of H-pyrrole nitrogens is 1. The zero-order valence-electron chi connectivity index (χ0n) is 29.8. The van der Waals surface area contributed by atoms with E-state index in [9.17, 15) is 9.36 Å². The van der Waals surface area contributed by atoms with E-state index in [0.717, 1.165) is 24.0 Å². The number of fused-ring (bicyclic) bond motifs is 1. The normalized spacial score (nSPS) is 13.0. The number of nitrogen functional groups attached to an aromatic ring is 1. The van der Waals surface area contributed by atoms with Crippen molar-refractivity contribution in [1.29, 1.82) is 0 Å². The summed E-state index contributed by atoms with van der Waals surface area (Å²) >= 11 is 6.26. The topological polar surface area (TPSA) is 144 Å². The molecule has 3 N–H and O–H groups in total. The van der Waals surface area contributed by atoms with E-state index in [1.54, 1.807) is 10.6 Å². The van der Waals surface area contributed by atoms with Crippen molar-refractivity contribution >= 4 is 36.3 Å². The maximum absolute atomic E-state index is 13.6. The van der Waals surface area contributed by atoms with Crippen LogP contribution in [0.2, 0.25) is 5.02 Å². The molecule has 1 unspecified atom stereocenters. The second-order valence-corrected chi connectivity index (χ2v) is 15.2. The molecule has 0 saturated heterocycles. The fraction of sp³-hybridized carbons (Fsp3) is 0.694. The molecule has 49 heavy (non-hydrogen) atoms. The van der Waals surface area contributed by atoms with E-state index in [1.807, 2.05) is 19.1 Å². The van der Waals surface area contributed by atoms with Gasteiger partial charge in [0.1, 0.15) is 6.35 Å². The van der Waals surface area contributed by atoms with Crippen molar-refractivity contribution < 1.29 is 23.1 Å². The molecule has 0 fully saturated rings. The Labute approximate surface area is 297 Å². The van der Waals surface area contributed by atoms with E-state index in [1.165, 1.54) is 96.2 Å². The highest BCUT2D eigenvalue weighted by Gasteiger charge is 2.26. The third-order valence-corrected chi connectivity index (χ3v) is 10.5. The molecule has 0 aliphatic rings. The van der Waals surface area contributed by atoms with Gasteiger partial charge in [-0.25, -0.2) is 4.98 Å². The van der Waals surface area contributed by atoms with Gasteiger partial charge in [-0.15, -0.1) is 0 Å². The maximum atomic E-state index is 13.6. The zero-order chi connectivity index (χ0) is 35.2. The Morgan fingerprint density at radius 1 is 0.837 bits per heavy atom. The highest BCUT2D eigenvalue weighted by molar-refractivity contribution is 7.53. The molecule has 0 spiro atoms. The van der Waals surface area contributed by atoms with Crippen LogP contribution >= 0.6 is 19.2 Å². The average Bonchev–Trinajstić information content (AvgIpc) is 3.49. The van der Waals surface area contributed by atoms with Crippen LogP contribution in [0, 0.1) is 6.92 Å². The molecule has 0 saturated carbocycles. The first-order chi connectivity index (χ1) is 23.8. The number of aromatic nitrogens is 4. The molecule has 3 aromatic rings. The van der Waals surface area contributed by atoms with Gasteiger partial charge in [-0.2, -0.15) is 4.98 Å². The molecule has 2 aromatic heterocycles. The lowest BCUT2D eigenvalue weighted by atomic mass is 10.0. The first-order valence-electron chi connectivity index (χ1n) is 18.3. The fourth-order valence-electron chi connectivity index (χ4n) is 5.57. The van der Waals surface area contributed by atoms with Crippen molar-refractivity contribution in [2.75, 3.05) is 38.5 Å². The van der Waals surface area contributed by atoms with Crippen LogP contribution in [0.5, 0.6) is 0 Å². The summed E-state index contributed by atoms with van der Waals surface area (Å²) in [4.78, 5) is 22.7. The quantitative estimate of drug-likeness (QED) is 0.0529. The minimum absolute atomic E-state index is 0.000269. The maximum Gasteiger partial charge on any atom is 0.356 e. The molecule has 1 aromatic carbocycles. The van der Waals surface area contributed by atoms with Crippen molar-refractivity contribution in [3.05, 3.63) is 51.0 Å². The molecule has 0 bridgehead atoms. The lowest BCUT2D eigenvalue weighted by Crippen LogP contribution is -2.14. The molecule has 0 aliphatic carbocycles. The van der Waals surface area contributed by atoms with Gasteiger partial charge in [0.05, 0.1) is 32.8 Å². The molecule has 0 radical (unpaired) electrons. The summed E-state index contributed by atoms with van der Waals surface area (Å²) in [7, 11) is -3.64. The number of hydrogen-bond acceptors (Lipinski definition) is 9. The number of hydrogen-bond donors (Lipinski definition) is 2. The smallest absolute Gasteiger partial charge is 0.356 e. The van der Waals surface area contributed by atoms with Crippen molar-refractivity contribution in [3.8, 4) is 0 Å². The Kier molecular flexibility index (Phi) is 20.2. The number of ether oxygens (including phenoxy) is 2. The first kappa shape index (κ1) is 41.2. The highest BCUT2D eigenvalue weighted by atomic mass is 35.5. The predicted octanol–water partition coefficient (Wildman–Crippen LogP) is 9.34. The van der Waals surface area contributed by atoms with Crippen LogP contribution < -0.4 is 11.3 Å². The largest absolute Gasteiger partial charge is 0.379 e. The summed E-state index contributed by atoms with van der Waals surface area (Å²) in [6.07, 6.45) is 22.5. The number of anilines is 1. The minimum atomic E-state index is -3.64. The standard InChI is InChI=1S/C36H59ClN5O6P/c1-3-4-5-6-7-8-9-10-11-12-13-14-15-16-17-18-22-45-24-25-47-49(44,48-27-31-20-19-30(2)32(37)26-31)29-46-23-21-42-28-39-33-34(42)40-36(38)41-35(33)43/h19-20,26,28H,3-18,21-25,27,29H2,1-2H3,(H3,38,40,41,43). The minimum Gasteiger partial charge on any atom is -0.379 e. The molecule has 11 nitrogen and oxygen atoms in total. The van der Waals surface area contributed by atoms with E-state index in [0.29, 0.717) is 30.4 Å². The number of nitrogens with one attached hydrogen (secondary N) is 1. The van der Waals surface area contributed by atoms with Gasteiger partial charge in [0.15, 0.2) is 11.2 Å². The Bertz CT molecular complexity index is 1450. The van der Waals surface area contributed by atoms with Gasteiger partial charge in [0.25, 0.3) is 5.56 Å². The first-order valence-corrected chi connectivity index (χ1v) is 20.4. The SMILES string of the molecule is CCCCCCCCCCCCCCCCCCOCCOP(=O)(COCCn1cnc2c(=O)[nH]c(N)nc21)OCc1ccc(C)c(Cl)c1. The van der Waals surface area contributed by atoms with Crippen LogP contribution in [0.4, 0.5) is 5.95 Å². The van der Waals surface area contributed by atoms with Crippen LogP contribution in [0.25, 0.3) is 11.2 Å². The van der Waals surface area contributed by atoms with Gasteiger partial charge >= 0.3 is 7.60 Å². The number of rotatable bonds is 29. The summed E-state index contributed by atoms with van der Waals surface area (Å²) < 4.78 is 38.3. The number of imidazole rings is 1. The number of aryl methyl sites for hydroxylation is 1. The molecular formula is C36H59ClN5O6P. The predicted molar refractivity (Wildman–Crippen MR) is 198 cm³/mol. The molecular weight excluding hydrogens is 665 g/mol. The summed E-state index contributed by atoms with van der Waals surface area (Å²) in [6, 6.07) is 5.54. The lowest BCUT2D eigenvalue weighted by Gasteiger charge is -2.19. The Hall–Kier alpha value is -2.27. The second kappa shape index (κ2) is 24.0. The second-order valence-electron chi connectivity index (χ2n) is 12.8. The molecule has 276 valence electrons. The van der Waals surface area contributed by atoms with E-state index >= 15 is 0 Å². The number of nitrogens with zero attached hydrogens (tertiary/aromatic N) is 3. The molecule has 3 rings (SSSR count). The van der Waals surface area contributed by atoms with Gasteiger partial charge in [-0.3, -0.25) is 14.3 Å². The molecule has 0 amide bonds. The summed E-state index contributed by atoms with van der Waals surface area (Å²) in [5.41, 5.74) is 7.51. The Balaban J connectivity index is 1.28. The van der Waals surface area contributed by atoms with Crippen LogP contribution in [0.15, 0.2) is 29.3 Å². The van der Waals surface area contributed by atoms with Crippen molar-refractivity contribution in [2.45, 2.75) is 130 Å². The van der Waals surface area contributed by atoms with Crippen LogP contribution in [0.1, 0.15) is 121 Å². The van der Waals surface area contributed by atoms with Crippen LogP contribution in [-0.2, 0) is 36.2 Å². The Morgan fingerprint density at radius 3 is 2.10 bits per heavy atom. The molecule has 13 heteroatoms. The van der Waals surface area contributed by atoms with Crippen molar-refractivity contribution in [3.63, 3.8) is 0 Å². The van der Waals surface area contributed by atoms with Gasteiger partial charge in [-0.1, -0.05) is 127 Å². The monoisotopic (exact) mass is 723 g/mol. The number of unbranched alkanes of at least 4 members (excludes halogenated alkanes) is 15. The van der Waals surface area contributed by atoms with Gasteiger partial charge in [0, 0.05) is 18.2 Å². The van der Waals surface area contributed by atoms with E-state index in [-0.39, 0.29) is 37.6 Å².